The van der Waals surface area contributed by atoms with E-state index in [-0.39, 0.29) is 0 Å². The lowest BCUT2D eigenvalue weighted by atomic mass is 9.94. The van der Waals surface area contributed by atoms with Gasteiger partial charge in [-0.25, -0.2) is 0 Å². The van der Waals surface area contributed by atoms with Crippen molar-refractivity contribution in [2.24, 2.45) is 11.7 Å². The number of likely N-dealkylation sites (tertiary alicyclic amines) is 1. The predicted molar refractivity (Wildman–Crippen MR) is 73.4 cm³/mol. The Morgan fingerprint density at radius 2 is 2.12 bits per heavy atom. The molecule has 0 radical (unpaired) electrons. The second-order valence-electron chi connectivity index (χ2n) is 5.57. The van der Waals surface area contributed by atoms with Crippen LogP contribution in [0.5, 0.6) is 0 Å². The highest BCUT2D eigenvalue weighted by Crippen LogP contribution is 2.45. The summed E-state index contributed by atoms with van der Waals surface area (Å²) >= 11 is 1.94. The normalized spacial score (nSPS) is 30.1. The Kier molecular flexibility index (Phi) is 3.01. The minimum atomic E-state index is 0.609. The zero-order valence-electron chi connectivity index (χ0n) is 10.8. The van der Waals surface area contributed by atoms with Gasteiger partial charge in [0.1, 0.15) is 0 Å². The maximum absolute atomic E-state index is 5.98. The first-order valence-electron chi connectivity index (χ1n) is 6.73. The van der Waals surface area contributed by atoms with Gasteiger partial charge in [0, 0.05) is 21.8 Å². The SMILES string of the molecule is Cc1cc(C2C(CN)CCN2C2CC2)c(C)s1. The summed E-state index contributed by atoms with van der Waals surface area (Å²) in [5.74, 6) is 0.670. The van der Waals surface area contributed by atoms with E-state index < -0.39 is 0 Å². The fraction of sp³-hybridized carbons (Fsp3) is 0.714. The second-order valence-corrected chi connectivity index (χ2v) is 7.03. The summed E-state index contributed by atoms with van der Waals surface area (Å²) in [4.78, 5) is 5.67. The third-order valence-electron chi connectivity index (χ3n) is 4.28. The number of hydrogen-bond acceptors (Lipinski definition) is 3. The van der Waals surface area contributed by atoms with Crippen molar-refractivity contribution in [1.29, 1.82) is 0 Å². The largest absolute Gasteiger partial charge is 0.330 e. The summed E-state index contributed by atoms with van der Waals surface area (Å²) in [6.45, 7) is 6.58. The molecule has 3 heteroatoms. The van der Waals surface area contributed by atoms with Crippen molar-refractivity contribution in [3.8, 4) is 0 Å². The fourth-order valence-electron chi connectivity index (χ4n) is 3.32. The molecule has 1 saturated carbocycles. The Labute approximate surface area is 108 Å². The molecule has 1 aromatic heterocycles. The summed E-state index contributed by atoms with van der Waals surface area (Å²) in [5.41, 5.74) is 7.54. The summed E-state index contributed by atoms with van der Waals surface area (Å²) in [5, 5.41) is 0. The summed E-state index contributed by atoms with van der Waals surface area (Å²) in [7, 11) is 0. The van der Waals surface area contributed by atoms with Crippen LogP contribution >= 0.6 is 11.3 Å². The van der Waals surface area contributed by atoms with Crippen molar-refractivity contribution in [2.75, 3.05) is 13.1 Å². The van der Waals surface area contributed by atoms with E-state index in [0.29, 0.717) is 12.0 Å². The van der Waals surface area contributed by atoms with Crippen LogP contribution in [0.2, 0.25) is 0 Å². The van der Waals surface area contributed by atoms with Crippen LogP contribution in [-0.4, -0.2) is 24.0 Å². The maximum Gasteiger partial charge on any atom is 0.0402 e. The van der Waals surface area contributed by atoms with Crippen LogP contribution in [0.25, 0.3) is 0 Å². The average Bonchev–Trinajstić information content (AvgIpc) is 2.97. The van der Waals surface area contributed by atoms with Crippen molar-refractivity contribution >= 4 is 11.3 Å². The van der Waals surface area contributed by atoms with Crippen LogP contribution < -0.4 is 5.73 Å². The number of aryl methyl sites for hydroxylation is 2. The number of rotatable bonds is 3. The van der Waals surface area contributed by atoms with Gasteiger partial charge in [-0.3, -0.25) is 4.90 Å². The molecule has 2 N–H and O–H groups in total. The van der Waals surface area contributed by atoms with Gasteiger partial charge in [0.2, 0.25) is 0 Å². The zero-order chi connectivity index (χ0) is 12.0. The molecule has 2 atom stereocenters. The van der Waals surface area contributed by atoms with Crippen molar-refractivity contribution in [3.63, 3.8) is 0 Å². The number of nitrogens with zero attached hydrogens (tertiary/aromatic N) is 1. The van der Waals surface area contributed by atoms with Gasteiger partial charge >= 0.3 is 0 Å². The highest BCUT2D eigenvalue weighted by Gasteiger charge is 2.42. The van der Waals surface area contributed by atoms with Gasteiger partial charge in [-0.15, -0.1) is 11.3 Å². The first-order valence-corrected chi connectivity index (χ1v) is 7.55. The Bertz CT molecular complexity index is 408. The van der Waals surface area contributed by atoms with E-state index in [1.54, 1.807) is 5.56 Å². The van der Waals surface area contributed by atoms with E-state index in [4.69, 9.17) is 5.73 Å². The molecule has 1 aliphatic carbocycles. The average molecular weight is 250 g/mol. The molecule has 2 fully saturated rings. The molecule has 0 spiro atoms. The summed E-state index contributed by atoms with van der Waals surface area (Å²) in [6, 6.07) is 3.86. The molecule has 1 aliphatic heterocycles. The monoisotopic (exact) mass is 250 g/mol. The predicted octanol–water partition coefficient (Wildman–Crippen LogP) is 2.85. The Balaban J connectivity index is 1.93. The number of nitrogens with two attached hydrogens (primary N) is 1. The summed E-state index contributed by atoms with van der Waals surface area (Å²) < 4.78 is 0. The van der Waals surface area contributed by atoms with Gasteiger partial charge in [-0.05, 0) is 63.7 Å². The van der Waals surface area contributed by atoms with Gasteiger partial charge in [0.25, 0.3) is 0 Å². The molecule has 2 unspecified atom stereocenters. The molecule has 94 valence electrons. The van der Waals surface area contributed by atoms with E-state index in [9.17, 15) is 0 Å². The number of hydrogen-bond donors (Lipinski definition) is 1. The van der Waals surface area contributed by atoms with Gasteiger partial charge in [-0.1, -0.05) is 0 Å². The molecule has 1 saturated heterocycles. The van der Waals surface area contributed by atoms with E-state index in [1.165, 1.54) is 35.6 Å². The van der Waals surface area contributed by atoms with Crippen LogP contribution in [-0.2, 0) is 0 Å². The minimum absolute atomic E-state index is 0.609. The standard InChI is InChI=1S/C14H22N2S/c1-9-7-13(10(2)17-9)14-11(8-15)5-6-16(14)12-3-4-12/h7,11-12,14H,3-6,8,15H2,1-2H3. The second kappa shape index (κ2) is 4.38. The molecule has 3 rings (SSSR count). The van der Waals surface area contributed by atoms with Crippen LogP contribution in [0.3, 0.4) is 0 Å². The molecule has 2 heterocycles. The molecule has 0 bridgehead atoms. The fourth-order valence-corrected chi connectivity index (χ4v) is 4.29. The first-order chi connectivity index (χ1) is 8.20. The summed E-state index contributed by atoms with van der Waals surface area (Å²) in [6.07, 6.45) is 4.08. The maximum atomic E-state index is 5.98. The van der Waals surface area contributed by atoms with Crippen LogP contribution in [0.1, 0.15) is 40.6 Å². The lowest BCUT2D eigenvalue weighted by molar-refractivity contribution is 0.220. The van der Waals surface area contributed by atoms with Crippen molar-refractivity contribution in [1.82, 2.24) is 4.90 Å². The van der Waals surface area contributed by atoms with Crippen LogP contribution in [0.15, 0.2) is 6.07 Å². The third kappa shape index (κ3) is 2.05. The molecule has 0 aromatic carbocycles. The van der Waals surface area contributed by atoms with Crippen LogP contribution in [0, 0.1) is 19.8 Å². The van der Waals surface area contributed by atoms with Gasteiger partial charge in [0.05, 0.1) is 0 Å². The van der Waals surface area contributed by atoms with Crippen molar-refractivity contribution < 1.29 is 0 Å². The van der Waals surface area contributed by atoms with E-state index in [1.807, 2.05) is 11.3 Å². The lowest BCUT2D eigenvalue weighted by Gasteiger charge is -2.28. The smallest absolute Gasteiger partial charge is 0.0402 e. The minimum Gasteiger partial charge on any atom is -0.330 e. The van der Waals surface area contributed by atoms with Gasteiger partial charge < -0.3 is 5.73 Å². The Hall–Kier alpha value is -0.380. The van der Waals surface area contributed by atoms with Gasteiger partial charge in [-0.2, -0.15) is 0 Å². The third-order valence-corrected chi connectivity index (χ3v) is 5.26. The highest BCUT2D eigenvalue weighted by atomic mass is 32.1. The van der Waals surface area contributed by atoms with Crippen molar-refractivity contribution in [3.05, 3.63) is 21.4 Å². The molecule has 2 aliphatic rings. The highest BCUT2D eigenvalue weighted by molar-refractivity contribution is 7.12. The van der Waals surface area contributed by atoms with Crippen LogP contribution in [0.4, 0.5) is 0 Å². The lowest BCUT2D eigenvalue weighted by Crippen LogP contribution is -2.30. The topological polar surface area (TPSA) is 29.3 Å². The molecular weight excluding hydrogens is 228 g/mol. The zero-order valence-corrected chi connectivity index (χ0v) is 11.6. The molecule has 0 amide bonds. The molecule has 17 heavy (non-hydrogen) atoms. The van der Waals surface area contributed by atoms with E-state index in [0.717, 1.165) is 12.6 Å². The number of thiophene rings is 1. The molecule has 1 aromatic rings. The van der Waals surface area contributed by atoms with Gasteiger partial charge in [0.15, 0.2) is 0 Å². The van der Waals surface area contributed by atoms with E-state index >= 15 is 0 Å². The van der Waals surface area contributed by atoms with E-state index in [2.05, 4.69) is 24.8 Å². The Morgan fingerprint density at radius 1 is 1.35 bits per heavy atom. The molecular formula is C14H22N2S. The quantitative estimate of drug-likeness (QED) is 0.894. The molecule has 2 nitrogen and oxygen atoms in total. The van der Waals surface area contributed by atoms with Crippen molar-refractivity contribution in [2.45, 2.75) is 45.2 Å². The first kappa shape index (κ1) is 11.7. The Morgan fingerprint density at radius 3 is 2.65 bits per heavy atom.